The summed E-state index contributed by atoms with van der Waals surface area (Å²) in [5.74, 6) is 0.0218. The number of carbonyl (C=O) groups is 1. The van der Waals surface area contributed by atoms with E-state index in [9.17, 15) is 9.90 Å². The number of aliphatic hydroxyl groups is 1. The number of aliphatic hydroxyl groups excluding tert-OH is 1. The van der Waals surface area contributed by atoms with Crippen molar-refractivity contribution >= 4 is 5.97 Å². The van der Waals surface area contributed by atoms with Gasteiger partial charge in [-0.3, -0.25) is 4.79 Å². The van der Waals surface area contributed by atoms with Crippen molar-refractivity contribution in [3.05, 3.63) is 0 Å². The van der Waals surface area contributed by atoms with E-state index in [1.165, 1.54) is 103 Å². The third-order valence-electron chi connectivity index (χ3n) is 7.51. The molecule has 0 aliphatic rings. The summed E-state index contributed by atoms with van der Waals surface area (Å²) in [6.45, 7) is 8.41. The van der Waals surface area contributed by atoms with Crippen LogP contribution in [0.2, 0.25) is 0 Å². The maximum Gasteiger partial charge on any atom is 0.306 e. The highest BCUT2D eigenvalue weighted by Gasteiger charge is 2.14. The number of hydrogen-bond acceptors (Lipinski definition) is 5. The van der Waals surface area contributed by atoms with E-state index in [0.717, 1.165) is 64.7 Å². The molecule has 0 radical (unpaired) electrons. The molecule has 3 N–H and O–H groups in total. The van der Waals surface area contributed by atoms with Crippen LogP contribution in [0.15, 0.2) is 0 Å². The summed E-state index contributed by atoms with van der Waals surface area (Å²) in [4.78, 5) is 14.9. The molecule has 0 saturated carbocycles. The molecule has 0 aliphatic carbocycles. The van der Waals surface area contributed by atoms with Crippen LogP contribution in [0.4, 0.5) is 0 Å². The van der Waals surface area contributed by atoms with E-state index in [1.54, 1.807) is 0 Å². The van der Waals surface area contributed by atoms with Crippen LogP contribution < -0.4 is 5.73 Å². The van der Waals surface area contributed by atoms with Gasteiger partial charge >= 0.3 is 5.97 Å². The van der Waals surface area contributed by atoms with Crippen molar-refractivity contribution in [1.29, 1.82) is 0 Å². The molecule has 0 rings (SSSR count). The Labute approximate surface area is 231 Å². The molecule has 37 heavy (non-hydrogen) atoms. The molecule has 5 heteroatoms. The van der Waals surface area contributed by atoms with Gasteiger partial charge < -0.3 is 20.5 Å². The molecule has 0 aliphatic heterocycles. The Balaban J connectivity index is 4.05. The molecule has 0 atom stereocenters. The SMILES string of the molecule is CCCCCCCCC(CCCCCCCC)OC(=O)CCCCCCCN(CCO)CCCCCN. The summed E-state index contributed by atoms with van der Waals surface area (Å²) in [7, 11) is 0. The molecule has 0 saturated heterocycles. The fourth-order valence-electron chi connectivity index (χ4n) is 5.08. The van der Waals surface area contributed by atoms with Crippen molar-refractivity contribution in [2.75, 3.05) is 32.8 Å². The summed E-state index contributed by atoms with van der Waals surface area (Å²) in [5, 5.41) is 9.30. The first-order valence-electron chi connectivity index (χ1n) is 16.4. The zero-order valence-electron chi connectivity index (χ0n) is 25.2. The fraction of sp³-hybridized carbons (Fsp3) is 0.969. The van der Waals surface area contributed by atoms with Crippen molar-refractivity contribution in [1.82, 2.24) is 4.90 Å². The highest BCUT2D eigenvalue weighted by atomic mass is 16.5. The van der Waals surface area contributed by atoms with Gasteiger partial charge in [-0.25, -0.2) is 0 Å². The van der Waals surface area contributed by atoms with E-state index in [4.69, 9.17) is 10.5 Å². The van der Waals surface area contributed by atoms with Gasteiger partial charge in [0.25, 0.3) is 0 Å². The molecule has 0 aromatic carbocycles. The highest BCUT2D eigenvalue weighted by molar-refractivity contribution is 5.69. The maximum atomic E-state index is 12.5. The first-order valence-corrected chi connectivity index (χ1v) is 16.4. The molecule has 0 fully saturated rings. The van der Waals surface area contributed by atoms with Crippen LogP contribution in [0.1, 0.15) is 162 Å². The smallest absolute Gasteiger partial charge is 0.306 e. The Bertz CT molecular complexity index is 445. The number of unbranched alkanes of at least 4 members (excludes halogenated alkanes) is 16. The molecule has 0 aromatic rings. The number of esters is 1. The Morgan fingerprint density at radius 1 is 0.649 bits per heavy atom. The van der Waals surface area contributed by atoms with Gasteiger partial charge in [-0.15, -0.1) is 0 Å². The maximum absolute atomic E-state index is 12.5. The minimum absolute atomic E-state index is 0.0218. The lowest BCUT2D eigenvalue weighted by Crippen LogP contribution is -2.29. The summed E-state index contributed by atoms with van der Waals surface area (Å²) >= 11 is 0. The quantitative estimate of drug-likeness (QED) is 0.0729. The predicted molar refractivity (Wildman–Crippen MR) is 160 cm³/mol. The number of carbonyl (C=O) groups excluding carboxylic acids is 1. The van der Waals surface area contributed by atoms with E-state index in [1.807, 2.05) is 0 Å². The standard InChI is InChI=1S/C32H66N2O3/c1-3-5-7-9-12-17-23-31(24-18-13-10-8-6-4-2)37-32(36)25-19-14-11-15-21-27-34(29-30-35)28-22-16-20-26-33/h31,35H,3-30,33H2,1-2H3. The summed E-state index contributed by atoms with van der Waals surface area (Å²) in [6.07, 6.45) is 27.3. The van der Waals surface area contributed by atoms with Gasteiger partial charge in [-0.2, -0.15) is 0 Å². The zero-order chi connectivity index (χ0) is 27.2. The Morgan fingerprint density at radius 2 is 1.11 bits per heavy atom. The van der Waals surface area contributed by atoms with Gasteiger partial charge in [0, 0.05) is 13.0 Å². The number of ether oxygens (including phenoxy) is 1. The highest BCUT2D eigenvalue weighted by Crippen LogP contribution is 2.18. The van der Waals surface area contributed by atoms with Crippen LogP contribution in [0.3, 0.4) is 0 Å². The summed E-state index contributed by atoms with van der Waals surface area (Å²) < 4.78 is 5.97. The second kappa shape index (κ2) is 29.9. The number of nitrogens with two attached hydrogens (primary N) is 1. The van der Waals surface area contributed by atoms with Crippen molar-refractivity contribution < 1.29 is 14.6 Å². The van der Waals surface area contributed by atoms with E-state index >= 15 is 0 Å². The lowest BCUT2D eigenvalue weighted by atomic mass is 10.0. The van der Waals surface area contributed by atoms with E-state index in [0.29, 0.717) is 6.42 Å². The Hall–Kier alpha value is -0.650. The van der Waals surface area contributed by atoms with Crippen molar-refractivity contribution in [3.63, 3.8) is 0 Å². The van der Waals surface area contributed by atoms with Crippen LogP contribution in [0.5, 0.6) is 0 Å². The first-order chi connectivity index (χ1) is 18.2. The lowest BCUT2D eigenvalue weighted by molar-refractivity contribution is -0.150. The predicted octanol–water partition coefficient (Wildman–Crippen LogP) is 8.16. The molecule has 0 spiro atoms. The van der Waals surface area contributed by atoms with Crippen LogP contribution in [0.25, 0.3) is 0 Å². The summed E-state index contributed by atoms with van der Waals surface area (Å²) in [5.41, 5.74) is 5.58. The first kappa shape index (κ1) is 36.4. The monoisotopic (exact) mass is 527 g/mol. The number of nitrogens with zero attached hydrogens (tertiary/aromatic N) is 1. The van der Waals surface area contributed by atoms with Crippen LogP contribution in [-0.2, 0) is 9.53 Å². The van der Waals surface area contributed by atoms with E-state index in [2.05, 4.69) is 18.7 Å². The van der Waals surface area contributed by atoms with Crippen molar-refractivity contribution in [2.45, 2.75) is 168 Å². The fourth-order valence-corrected chi connectivity index (χ4v) is 5.08. The molecule has 222 valence electrons. The minimum Gasteiger partial charge on any atom is -0.462 e. The second-order valence-corrected chi connectivity index (χ2v) is 11.2. The molecule has 0 aromatic heterocycles. The van der Waals surface area contributed by atoms with Gasteiger partial charge in [0.2, 0.25) is 0 Å². The molecular weight excluding hydrogens is 460 g/mol. The lowest BCUT2D eigenvalue weighted by Gasteiger charge is -2.21. The topological polar surface area (TPSA) is 75.8 Å². The molecule has 0 unspecified atom stereocenters. The van der Waals surface area contributed by atoms with Crippen LogP contribution >= 0.6 is 0 Å². The van der Waals surface area contributed by atoms with Gasteiger partial charge in [0.05, 0.1) is 6.61 Å². The van der Waals surface area contributed by atoms with Crippen LogP contribution in [-0.4, -0.2) is 54.9 Å². The second-order valence-electron chi connectivity index (χ2n) is 11.2. The van der Waals surface area contributed by atoms with Gasteiger partial charge in [0.1, 0.15) is 6.10 Å². The molecule has 0 heterocycles. The van der Waals surface area contributed by atoms with Gasteiger partial charge in [-0.1, -0.05) is 104 Å². The van der Waals surface area contributed by atoms with E-state index < -0.39 is 0 Å². The number of rotatable bonds is 30. The number of hydrogen-bond donors (Lipinski definition) is 2. The molecular formula is C32H66N2O3. The normalized spacial score (nSPS) is 11.6. The third-order valence-corrected chi connectivity index (χ3v) is 7.51. The van der Waals surface area contributed by atoms with Crippen molar-refractivity contribution in [2.24, 2.45) is 5.73 Å². The zero-order valence-corrected chi connectivity index (χ0v) is 25.2. The summed E-state index contributed by atoms with van der Waals surface area (Å²) in [6, 6.07) is 0. The van der Waals surface area contributed by atoms with Crippen molar-refractivity contribution in [3.8, 4) is 0 Å². The largest absolute Gasteiger partial charge is 0.462 e. The molecule has 0 amide bonds. The third kappa shape index (κ3) is 26.7. The van der Waals surface area contributed by atoms with Gasteiger partial charge in [0.15, 0.2) is 0 Å². The Morgan fingerprint density at radius 3 is 1.62 bits per heavy atom. The average molecular weight is 527 g/mol. The average Bonchev–Trinajstić information content (AvgIpc) is 2.89. The minimum atomic E-state index is 0.0218. The molecule has 5 nitrogen and oxygen atoms in total. The van der Waals surface area contributed by atoms with Crippen LogP contribution in [0, 0.1) is 0 Å². The van der Waals surface area contributed by atoms with E-state index in [-0.39, 0.29) is 18.7 Å². The Kier molecular flexibility index (Phi) is 29.4. The molecule has 0 bridgehead atoms. The van der Waals surface area contributed by atoms with Gasteiger partial charge in [-0.05, 0) is 71.0 Å².